The smallest absolute Gasteiger partial charge is 0.410 e. The fourth-order valence-corrected chi connectivity index (χ4v) is 5.13. The average Bonchev–Trinajstić information content (AvgIpc) is 3.02. The lowest BCUT2D eigenvalue weighted by Gasteiger charge is -2.51. The summed E-state index contributed by atoms with van der Waals surface area (Å²) in [7, 11) is 0. The molecule has 3 rings (SSSR count). The molecule has 1 N–H and O–H groups in total. The Morgan fingerprint density at radius 3 is 2.50 bits per heavy atom. The van der Waals surface area contributed by atoms with Crippen LogP contribution in [0.4, 0.5) is 4.79 Å². The summed E-state index contributed by atoms with van der Waals surface area (Å²) >= 11 is 4.50. The van der Waals surface area contributed by atoms with E-state index < -0.39 is 11.2 Å². The molecule has 6 nitrogen and oxygen atoms in total. The third-order valence-corrected chi connectivity index (χ3v) is 6.45. The number of amides is 1. The Kier molecular flexibility index (Phi) is 5.50. The number of nitrogens with zero attached hydrogens (tertiary/aromatic N) is 1. The molecule has 1 amide bonds. The van der Waals surface area contributed by atoms with Crippen LogP contribution >= 0.6 is 27.3 Å². The second-order valence-corrected chi connectivity index (χ2v) is 9.54. The summed E-state index contributed by atoms with van der Waals surface area (Å²) in [6.45, 7) is 6.26. The molecule has 8 heteroatoms. The zero-order valence-electron chi connectivity index (χ0n) is 15.2. The van der Waals surface area contributed by atoms with Crippen molar-refractivity contribution in [2.45, 2.75) is 56.9 Å². The van der Waals surface area contributed by atoms with Crippen molar-refractivity contribution < 1.29 is 24.2 Å². The van der Waals surface area contributed by atoms with Crippen LogP contribution in [0.15, 0.2) is 12.1 Å². The van der Waals surface area contributed by atoms with Crippen LogP contribution in [0.1, 0.15) is 48.2 Å². The lowest BCUT2D eigenvalue weighted by molar-refractivity contribution is -0.140. The zero-order valence-corrected chi connectivity index (χ0v) is 17.6. The number of ketones is 1. The van der Waals surface area contributed by atoms with E-state index in [-0.39, 0.29) is 29.3 Å². The number of aliphatic hydroxyl groups is 1. The summed E-state index contributed by atoms with van der Waals surface area (Å²) < 4.78 is 11.2. The zero-order chi connectivity index (χ0) is 19.1. The molecule has 2 fully saturated rings. The number of thiophene rings is 1. The number of alkyl halides is 1. The molecule has 0 radical (unpaired) electrons. The minimum Gasteiger partial charge on any atom is -0.444 e. The first-order chi connectivity index (χ1) is 12.1. The van der Waals surface area contributed by atoms with Gasteiger partial charge in [0.2, 0.25) is 0 Å². The standard InChI is InChI=1S/C18H24BrNO5S/c1-17(2,3)25-16(22)20-11-6-18(23,7-12(20)10-24-9-11)15-5-4-14(26-15)13(21)8-19/h4-5,11-12,23H,6-10H2,1-3H3. The maximum atomic E-state index is 12.6. The van der Waals surface area contributed by atoms with Crippen molar-refractivity contribution in [1.29, 1.82) is 0 Å². The van der Waals surface area contributed by atoms with Crippen LogP contribution < -0.4 is 0 Å². The second kappa shape index (κ2) is 7.22. The second-order valence-electron chi connectivity index (χ2n) is 7.89. The lowest BCUT2D eigenvalue weighted by Crippen LogP contribution is -2.63. The van der Waals surface area contributed by atoms with Gasteiger partial charge in [-0.25, -0.2) is 4.79 Å². The topological polar surface area (TPSA) is 76.1 Å². The number of hydrogen-bond donors (Lipinski definition) is 1. The van der Waals surface area contributed by atoms with Gasteiger partial charge in [-0.3, -0.25) is 9.69 Å². The van der Waals surface area contributed by atoms with Crippen molar-refractivity contribution in [2.75, 3.05) is 18.5 Å². The number of halogens is 1. The number of piperidine rings is 1. The first-order valence-electron chi connectivity index (χ1n) is 8.64. The van der Waals surface area contributed by atoms with Crippen LogP contribution in [0.25, 0.3) is 0 Å². The number of fused-ring (bicyclic) bond motifs is 2. The lowest BCUT2D eigenvalue weighted by atomic mass is 9.80. The van der Waals surface area contributed by atoms with Crippen molar-refractivity contribution in [1.82, 2.24) is 4.90 Å². The van der Waals surface area contributed by atoms with Gasteiger partial charge in [-0.15, -0.1) is 11.3 Å². The maximum absolute atomic E-state index is 12.6. The van der Waals surface area contributed by atoms with E-state index >= 15 is 0 Å². The third kappa shape index (κ3) is 3.98. The van der Waals surface area contributed by atoms with E-state index in [2.05, 4.69) is 15.9 Å². The molecular weight excluding hydrogens is 422 g/mol. The number of carbonyl (C=O) groups is 2. The summed E-state index contributed by atoms with van der Waals surface area (Å²) in [6, 6.07) is 3.08. The van der Waals surface area contributed by atoms with Crippen molar-refractivity contribution >= 4 is 39.1 Å². The number of Topliss-reactive ketones (excluding diaryl/α,β-unsaturated/α-hetero) is 1. The summed E-state index contributed by atoms with van der Waals surface area (Å²) in [6.07, 6.45) is 0.371. The Morgan fingerprint density at radius 1 is 1.35 bits per heavy atom. The Morgan fingerprint density at radius 2 is 1.96 bits per heavy atom. The van der Waals surface area contributed by atoms with Gasteiger partial charge in [0.25, 0.3) is 0 Å². The van der Waals surface area contributed by atoms with Crippen LogP contribution in [0.5, 0.6) is 0 Å². The van der Waals surface area contributed by atoms with Gasteiger partial charge < -0.3 is 14.6 Å². The Labute approximate surface area is 165 Å². The van der Waals surface area contributed by atoms with E-state index in [4.69, 9.17) is 9.47 Å². The van der Waals surface area contributed by atoms with E-state index in [1.807, 2.05) is 26.8 Å². The number of rotatable bonds is 3. The molecule has 26 heavy (non-hydrogen) atoms. The van der Waals surface area contributed by atoms with Crippen LogP contribution in [0.3, 0.4) is 0 Å². The van der Waals surface area contributed by atoms with Crippen LogP contribution in [-0.4, -0.2) is 58.1 Å². The highest BCUT2D eigenvalue weighted by Crippen LogP contribution is 2.43. The van der Waals surface area contributed by atoms with Crippen LogP contribution in [0.2, 0.25) is 0 Å². The van der Waals surface area contributed by atoms with Gasteiger partial charge in [0, 0.05) is 17.7 Å². The summed E-state index contributed by atoms with van der Waals surface area (Å²) in [5.74, 6) is -0.000400. The molecule has 2 aliphatic rings. The fraction of sp³-hybridized carbons (Fsp3) is 0.667. The van der Waals surface area contributed by atoms with Crippen molar-refractivity contribution in [3.63, 3.8) is 0 Å². The highest BCUT2D eigenvalue weighted by Gasteiger charge is 2.50. The van der Waals surface area contributed by atoms with E-state index in [0.29, 0.717) is 30.9 Å². The summed E-state index contributed by atoms with van der Waals surface area (Å²) in [4.78, 5) is 27.6. The Balaban J connectivity index is 1.81. The highest BCUT2D eigenvalue weighted by molar-refractivity contribution is 9.09. The predicted molar refractivity (Wildman–Crippen MR) is 102 cm³/mol. The van der Waals surface area contributed by atoms with Gasteiger partial charge in [0.1, 0.15) is 11.2 Å². The molecule has 0 spiro atoms. The van der Waals surface area contributed by atoms with E-state index in [0.717, 1.165) is 4.88 Å². The van der Waals surface area contributed by atoms with Gasteiger partial charge in [-0.1, -0.05) is 15.9 Å². The molecule has 3 heterocycles. The number of ether oxygens (including phenoxy) is 2. The number of morpholine rings is 1. The van der Waals surface area contributed by atoms with E-state index in [1.165, 1.54) is 11.3 Å². The highest BCUT2D eigenvalue weighted by atomic mass is 79.9. The normalized spacial score (nSPS) is 28.7. The molecule has 2 saturated heterocycles. The number of hydrogen-bond acceptors (Lipinski definition) is 6. The monoisotopic (exact) mass is 445 g/mol. The molecule has 2 atom stereocenters. The Hall–Kier alpha value is -0.960. The van der Waals surface area contributed by atoms with Gasteiger partial charge in [0.05, 0.1) is 35.5 Å². The van der Waals surface area contributed by atoms with Crippen molar-refractivity contribution in [2.24, 2.45) is 0 Å². The minimum atomic E-state index is -1.06. The molecule has 0 saturated carbocycles. The molecule has 2 aliphatic heterocycles. The third-order valence-electron chi connectivity index (χ3n) is 4.62. The van der Waals surface area contributed by atoms with Gasteiger partial charge >= 0.3 is 6.09 Å². The van der Waals surface area contributed by atoms with Gasteiger partial charge in [-0.05, 0) is 32.9 Å². The molecule has 144 valence electrons. The Bertz CT molecular complexity index is 684. The quantitative estimate of drug-likeness (QED) is 0.570. The molecule has 2 unspecified atom stereocenters. The van der Waals surface area contributed by atoms with Gasteiger partial charge in [-0.2, -0.15) is 0 Å². The largest absolute Gasteiger partial charge is 0.444 e. The molecule has 0 aliphatic carbocycles. The maximum Gasteiger partial charge on any atom is 0.410 e. The molecule has 0 aromatic carbocycles. The van der Waals surface area contributed by atoms with Crippen molar-refractivity contribution in [3.05, 3.63) is 21.9 Å². The SMILES string of the molecule is CC(C)(C)OC(=O)N1C2COCC1CC(O)(c1ccc(C(=O)CBr)s1)C2. The molecule has 1 aromatic rings. The van der Waals surface area contributed by atoms with Crippen molar-refractivity contribution in [3.8, 4) is 0 Å². The first-order valence-corrected chi connectivity index (χ1v) is 10.6. The fourth-order valence-electron chi connectivity index (χ4n) is 3.59. The van der Waals surface area contributed by atoms with E-state index in [1.54, 1.807) is 11.0 Å². The van der Waals surface area contributed by atoms with Crippen LogP contribution in [0, 0.1) is 0 Å². The molecule has 2 bridgehead atoms. The van der Waals surface area contributed by atoms with Crippen LogP contribution in [-0.2, 0) is 15.1 Å². The average molecular weight is 446 g/mol. The summed E-state index contributed by atoms with van der Waals surface area (Å²) in [5, 5.41) is 11.6. The van der Waals surface area contributed by atoms with Gasteiger partial charge in [0.15, 0.2) is 5.78 Å². The number of carbonyl (C=O) groups excluding carboxylic acids is 2. The first kappa shape index (κ1) is 19.8. The van der Waals surface area contributed by atoms with E-state index in [9.17, 15) is 14.7 Å². The summed E-state index contributed by atoms with van der Waals surface area (Å²) in [5.41, 5.74) is -1.63. The molecule has 1 aromatic heterocycles. The minimum absolute atomic E-state index is 0.000400. The molecular formula is C18H24BrNO5S. The predicted octanol–water partition coefficient (Wildman–Crippen LogP) is 3.31.